The van der Waals surface area contributed by atoms with Gasteiger partial charge in [0.05, 0.1) is 0 Å². The fourth-order valence-corrected chi connectivity index (χ4v) is 2.89. The van der Waals surface area contributed by atoms with Crippen molar-refractivity contribution in [2.24, 2.45) is 0 Å². The first-order valence-electron chi connectivity index (χ1n) is 6.58. The van der Waals surface area contributed by atoms with Crippen LogP contribution < -0.4 is 5.56 Å². The molecule has 0 bridgehead atoms. The van der Waals surface area contributed by atoms with Gasteiger partial charge in [0.1, 0.15) is 0 Å². The van der Waals surface area contributed by atoms with E-state index in [0.29, 0.717) is 5.92 Å². The molecule has 1 aromatic heterocycles. The van der Waals surface area contributed by atoms with E-state index in [1.54, 1.807) is 12.1 Å². The largest absolute Gasteiger partial charge is 0.315 e. The maximum absolute atomic E-state index is 11.8. The highest BCUT2D eigenvalue weighted by Gasteiger charge is 2.20. The van der Waals surface area contributed by atoms with E-state index in [2.05, 4.69) is 24.3 Å². The molecule has 0 fully saturated rings. The Bertz CT molecular complexity index is 600. The Morgan fingerprint density at radius 2 is 1.94 bits per heavy atom. The van der Waals surface area contributed by atoms with Gasteiger partial charge in [-0.1, -0.05) is 30.3 Å². The summed E-state index contributed by atoms with van der Waals surface area (Å²) in [6.07, 6.45) is 5.47. The average molecular weight is 239 g/mol. The molecule has 2 nitrogen and oxygen atoms in total. The minimum atomic E-state index is 0.0977. The minimum Gasteiger partial charge on any atom is -0.315 e. The zero-order chi connectivity index (χ0) is 12.4. The number of benzene rings is 1. The fraction of sp³-hybridized carbons (Fsp3) is 0.312. The number of hydrogen-bond donors (Lipinski definition) is 0. The van der Waals surface area contributed by atoms with Crippen molar-refractivity contribution >= 4 is 0 Å². The van der Waals surface area contributed by atoms with E-state index in [1.165, 1.54) is 30.4 Å². The minimum absolute atomic E-state index is 0.0977. The highest BCUT2D eigenvalue weighted by molar-refractivity contribution is 5.32. The maximum atomic E-state index is 11.8. The Morgan fingerprint density at radius 1 is 1.11 bits per heavy atom. The van der Waals surface area contributed by atoms with Crippen LogP contribution >= 0.6 is 0 Å². The summed E-state index contributed by atoms with van der Waals surface area (Å²) in [5, 5.41) is 0. The van der Waals surface area contributed by atoms with Crippen molar-refractivity contribution in [2.45, 2.75) is 31.7 Å². The number of aryl methyl sites for hydroxylation is 1. The summed E-state index contributed by atoms with van der Waals surface area (Å²) in [6.45, 7) is 0.802. The molecule has 0 N–H and O–H groups in total. The molecule has 2 heteroatoms. The van der Waals surface area contributed by atoms with Crippen molar-refractivity contribution in [2.75, 3.05) is 0 Å². The van der Waals surface area contributed by atoms with Crippen LogP contribution in [0.25, 0.3) is 0 Å². The van der Waals surface area contributed by atoms with Crippen molar-refractivity contribution in [3.63, 3.8) is 0 Å². The van der Waals surface area contributed by atoms with Gasteiger partial charge in [-0.15, -0.1) is 0 Å². The third-order valence-corrected chi connectivity index (χ3v) is 3.81. The van der Waals surface area contributed by atoms with Gasteiger partial charge in [0.2, 0.25) is 0 Å². The number of pyridine rings is 1. The highest BCUT2D eigenvalue weighted by atomic mass is 16.1. The molecular weight excluding hydrogens is 222 g/mol. The molecule has 1 aliphatic rings. The van der Waals surface area contributed by atoms with E-state index in [4.69, 9.17) is 0 Å². The normalized spacial score (nSPS) is 18.3. The van der Waals surface area contributed by atoms with E-state index in [0.717, 1.165) is 6.54 Å². The van der Waals surface area contributed by atoms with Crippen LogP contribution in [-0.2, 0) is 13.0 Å². The predicted molar refractivity (Wildman–Crippen MR) is 72.8 cm³/mol. The van der Waals surface area contributed by atoms with Crippen LogP contribution in [0.1, 0.15) is 29.9 Å². The highest BCUT2D eigenvalue weighted by Crippen LogP contribution is 2.32. The van der Waals surface area contributed by atoms with Crippen molar-refractivity contribution in [1.82, 2.24) is 4.57 Å². The molecule has 1 aromatic carbocycles. The van der Waals surface area contributed by atoms with Crippen LogP contribution in [0.5, 0.6) is 0 Å². The van der Waals surface area contributed by atoms with Gasteiger partial charge in [-0.25, -0.2) is 0 Å². The molecule has 0 spiro atoms. The second-order valence-electron chi connectivity index (χ2n) is 4.98. The summed E-state index contributed by atoms with van der Waals surface area (Å²) in [5.41, 5.74) is 2.98. The first-order chi connectivity index (χ1) is 8.84. The van der Waals surface area contributed by atoms with Crippen molar-refractivity contribution < 1.29 is 0 Å². The van der Waals surface area contributed by atoms with Gasteiger partial charge in [-0.05, 0) is 36.5 Å². The SMILES string of the molecule is O=c1ccccn1CC1CCCc2ccccc21. The van der Waals surface area contributed by atoms with Crippen LogP contribution in [0, 0.1) is 0 Å². The molecule has 0 saturated carbocycles. The average Bonchev–Trinajstić information content (AvgIpc) is 2.42. The van der Waals surface area contributed by atoms with Crippen LogP contribution in [0.2, 0.25) is 0 Å². The molecule has 3 rings (SSSR count). The Morgan fingerprint density at radius 3 is 2.83 bits per heavy atom. The third-order valence-electron chi connectivity index (χ3n) is 3.81. The van der Waals surface area contributed by atoms with E-state index in [9.17, 15) is 4.79 Å². The first kappa shape index (κ1) is 11.3. The molecule has 1 unspecified atom stereocenters. The summed E-state index contributed by atoms with van der Waals surface area (Å²) in [4.78, 5) is 11.8. The van der Waals surface area contributed by atoms with Gasteiger partial charge < -0.3 is 4.57 Å². The van der Waals surface area contributed by atoms with Crippen LogP contribution in [0.4, 0.5) is 0 Å². The van der Waals surface area contributed by atoms with Gasteiger partial charge in [-0.2, -0.15) is 0 Å². The number of nitrogens with zero attached hydrogens (tertiary/aromatic N) is 1. The van der Waals surface area contributed by atoms with Gasteiger partial charge in [-0.3, -0.25) is 4.79 Å². The van der Waals surface area contributed by atoms with E-state index in [1.807, 2.05) is 16.8 Å². The quantitative estimate of drug-likeness (QED) is 0.789. The Balaban J connectivity index is 1.91. The fourth-order valence-electron chi connectivity index (χ4n) is 2.89. The molecule has 0 amide bonds. The van der Waals surface area contributed by atoms with Gasteiger partial charge in [0.15, 0.2) is 0 Å². The summed E-state index contributed by atoms with van der Waals surface area (Å²) in [5.74, 6) is 0.482. The second-order valence-corrected chi connectivity index (χ2v) is 4.98. The summed E-state index contributed by atoms with van der Waals surface area (Å²) in [6, 6.07) is 14.0. The molecule has 0 aliphatic heterocycles. The zero-order valence-corrected chi connectivity index (χ0v) is 10.4. The van der Waals surface area contributed by atoms with E-state index in [-0.39, 0.29) is 5.56 Å². The smallest absolute Gasteiger partial charge is 0.250 e. The van der Waals surface area contributed by atoms with E-state index >= 15 is 0 Å². The second kappa shape index (κ2) is 4.81. The maximum Gasteiger partial charge on any atom is 0.250 e. The predicted octanol–water partition coefficient (Wildman–Crippen LogP) is 2.97. The molecule has 0 saturated heterocycles. The Hall–Kier alpha value is -1.83. The third kappa shape index (κ3) is 2.10. The Labute approximate surface area is 107 Å². The molecule has 1 atom stereocenters. The van der Waals surface area contributed by atoms with Gasteiger partial charge in [0.25, 0.3) is 5.56 Å². The van der Waals surface area contributed by atoms with Crippen molar-refractivity contribution in [1.29, 1.82) is 0 Å². The lowest BCUT2D eigenvalue weighted by atomic mass is 9.83. The standard InChI is InChI=1S/C16H17NO/c18-16-10-3-4-11-17(16)12-14-8-5-7-13-6-1-2-9-15(13)14/h1-4,6,9-11,14H,5,7-8,12H2. The molecule has 0 radical (unpaired) electrons. The molecular formula is C16H17NO. The summed E-state index contributed by atoms with van der Waals surface area (Å²) in [7, 11) is 0. The van der Waals surface area contributed by atoms with Crippen LogP contribution in [-0.4, -0.2) is 4.57 Å². The first-order valence-corrected chi connectivity index (χ1v) is 6.58. The molecule has 1 heterocycles. The van der Waals surface area contributed by atoms with E-state index < -0.39 is 0 Å². The van der Waals surface area contributed by atoms with Crippen molar-refractivity contribution in [3.8, 4) is 0 Å². The summed E-state index contributed by atoms with van der Waals surface area (Å²) < 4.78 is 1.83. The lowest BCUT2D eigenvalue weighted by molar-refractivity contribution is 0.476. The topological polar surface area (TPSA) is 22.0 Å². The van der Waals surface area contributed by atoms with Gasteiger partial charge in [0, 0.05) is 24.7 Å². The summed E-state index contributed by atoms with van der Waals surface area (Å²) >= 11 is 0. The number of rotatable bonds is 2. The van der Waals surface area contributed by atoms with Crippen LogP contribution in [0.3, 0.4) is 0 Å². The number of aromatic nitrogens is 1. The lowest BCUT2D eigenvalue weighted by Crippen LogP contribution is -2.23. The Kier molecular flexibility index (Phi) is 3.01. The molecule has 2 aromatic rings. The molecule has 92 valence electrons. The molecule has 1 aliphatic carbocycles. The van der Waals surface area contributed by atoms with Crippen LogP contribution in [0.15, 0.2) is 53.5 Å². The lowest BCUT2D eigenvalue weighted by Gasteiger charge is -2.26. The monoisotopic (exact) mass is 239 g/mol. The molecule has 18 heavy (non-hydrogen) atoms. The zero-order valence-electron chi connectivity index (χ0n) is 10.4. The number of hydrogen-bond acceptors (Lipinski definition) is 1. The number of fused-ring (bicyclic) bond motifs is 1. The van der Waals surface area contributed by atoms with Crippen molar-refractivity contribution in [3.05, 3.63) is 70.1 Å². The van der Waals surface area contributed by atoms with Gasteiger partial charge >= 0.3 is 0 Å².